The SMILES string of the molecule is CSC(C)CNCc1ccc(C)cc1C. The molecule has 1 rings (SSSR count). The lowest BCUT2D eigenvalue weighted by atomic mass is 10.1. The molecule has 1 aromatic carbocycles. The molecular weight excluding hydrogens is 202 g/mol. The maximum absolute atomic E-state index is 3.49. The van der Waals surface area contributed by atoms with E-state index in [9.17, 15) is 0 Å². The van der Waals surface area contributed by atoms with Gasteiger partial charge in [-0.05, 0) is 31.2 Å². The maximum atomic E-state index is 3.49. The molecule has 84 valence electrons. The van der Waals surface area contributed by atoms with E-state index in [1.807, 2.05) is 11.8 Å². The van der Waals surface area contributed by atoms with E-state index in [1.54, 1.807) is 0 Å². The van der Waals surface area contributed by atoms with Crippen molar-refractivity contribution < 1.29 is 0 Å². The van der Waals surface area contributed by atoms with Gasteiger partial charge in [-0.3, -0.25) is 0 Å². The summed E-state index contributed by atoms with van der Waals surface area (Å²) in [5.74, 6) is 0. The van der Waals surface area contributed by atoms with Crippen molar-refractivity contribution in [3.63, 3.8) is 0 Å². The van der Waals surface area contributed by atoms with Gasteiger partial charge in [0, 0.05) is 18.3 Å². The molecule has 1 nitrogen and oxygen atoms in total. The highest BCUT2D eigenvalue weighted by molar-refractivity contribution is 7.99. The zero-order valence-corrected chi connectivity index (χ0v) is 10.9. The zero-order chi connectivity index (χ0) is 11.3. The van der Waals surface area contributed by atoms with Crippen LogP contribution in [0.25, 0.3) is 0 Å². The molecule has 0 aromatic heterocycles. The van der Waals surface area contributed by atoms with Gasteiger partial charge in [0.05, 0.1) is 0 Å². The van der Waals surface area contributed by atoms with E-state index in [1.165, 1.54) is 16.7 Å². The fourth-order valence-corrected chi connectivity index (χ4v) is 1.82. The molecule has 0 aliphatic carbocycles. The molecule has 0 saturated carbocycles. The Bertz CT molecular complexity index is 309. The lowest BCUT2D eigenvalue weighted by Crippen LogP contribution is -2.22. The molecule has 0 amide bonds. The van der Waals surface area contributed by atoms with E-state index in [-0.39, 0.29) is 0 Å². The van der Waals surface area contributed by atoms with Crippen LogP contribution in [0.5, 0.6) is 0 Å². The molecule has 1 N–H and O–H groups in total. The van der Waals surface area contributed by atoms with Gasteiger partial charge in [-0.2, -0.15) is 11.8 Å². The topological polar surface area (TPSA) is 12.0 Å². The van der Waals surface area contributed by atoms with Crippen molar-refractivity contribution in [2.75, 3.05) is 12.8 Å². The summed E-state index contributed by atoms with van der Waals surface area (Å²) in [7, 11) is 0. The summed E-state index contributed by atoms with van der Waals surface area (Å²) in [4.78, 5) is 0. The minimum absolute atomic E-state index is 0.691. The third-order valence-electron chi connectivity index (χ3n) is 2.65. The van der Waals surface area contributed by atoms with Crippen LogP contribution in [0.4, 0.5) is 0 Å². The highest BCUT2D eigenvalue weighted by Gasteiger charge is 2.00. The molecule has 15 heavy (non-hydrogen) atoms. The van der Waals surface area contributed by atoms with Crippen LogP contribution in [0.2, 0.25) is 0 Å². The molecule has 2 heteroatoms. The first-order valence-corrected chi connectivity index (χ1v) is 6.72. The standard InChI is InChI=1S/C13H21NS/c1-10-5-6-13(11(2)7-10)9-14-8-12(3)15-4/h5-7,12,14H,8-9H2,1-4H3. The first kappa shape index (κ1) is 12.6. The Hall–Kier alpha value is -0.470. The van der Waals surface area contributed by atoms with E-state index in [4.69, 9.17) is 0 Å². The Morgan fingerprint density at radius 3 is 2.67 bits per heavy atom. The van der Waals surface area contributed by atoms with Crippen molar-refractivity contribution in [2.45, 2.75) is 32.6 Å². The van der Waals surface area contributed by atoms with E-state index in [0.29, 0.717) is 5.25 Å². The molecule has 0 aliphatic rings. The Balaban J connectivity index is 2.44. The van der Waals surface area contributed by atoms with Crippen molar-refractivity contribution >= 4 is 11.8 Å². The van der Waals surface area contributed by atoms with E-state index >= 15 is 0 Å². The molecule has 0 heterocycles. The number of rotatable bonds is 5. The lowest BCUT2D eigenvalue weighted by molar-refractivity contribution is 0.682. The Morgan fingerprint density at radius 1 is 1.33 bits per heavy atom. The first-order chi connectivity index (χ1) is 7.13. The average Bonchev–Trinajstić information content (AvgIpc) is 2.21. The summed E-state index contributed by atoms with van der Waals surface area (Å²) >= 11 is 1.90. The molecular formula is C13H21NS. The van der Waals surface area contributed by atoms with Gasteiger partial charge in [0.25, 0.3) is 0 Å². The van der Waals surface area contributed by atoms with Crippen LogP contribution in [-0.2, 0) is 6.54 Å². The molecule has 0 radical (unpaired) electrons. The van der Waals surface area contributed by atoms with Crippen molar-refractivity contribution in [2.24, 2.45) is 0 Å². The zero-order valence-electron chi connectivity index (χ0n) is 10.1. The third-order valence-corrected chi connectivity index (χ3v) is 3.62. The molecule has 1 atom stereocenters. The quantitative estimate of drug-likeness (QED) is 0.823. The summed E-state index contributed by atoms with van der Waals surface area (Å²) in [6.07, 6.45) is 2.16. The normalized spacial score (nSPS) is 12.8. The predicted molar refractivity (Wildman–Crippen MR) is 70.6 cm³/mol. The minimum atomic E-state index is 0.691. The van der Waals surface area contributed by atoms with Crippen LogP contribution in [0.3, 0.4) is 0 Å². The van der Waals surface area contributed by atoms with Gasteiger partial charge < -0.3 is 5.32 Å². The minimum Gasteiger partial charge on any atom is -0.312 e. The maximum Gasteiger partial charge on any atom is 0.0208 e. The number of benzene rings is 1. The number of thioether (sulfide) groups is 1. The van der Waals surface area contributed by atoms with Crippen LogP contribution < -0.4 is 5.32 Å². The second kappa shape index (κ2) is 6.19. The van der Waals surface area contributed by atoms with Crippen LogP contribution in [0, 0.1) is 13.8 Å². The van der Waals surface area contributed by atoms with Crippen LogP contribution in [0.1, 0.15) is 23.6 Å². The predicted octanol–water partition coefficient (Wildman–Crippen LogP) is 3.14. The second-order valence-electron chi connectivity index (χ2n) is 4.11. The van der Waals surface area contributed by atoms with Gasteiger partial charge in [-0.25, -0.2) is 0 Å². The van der Waals surface area contributed by atoms with Gasteiger partial charge in [0.1, 0.15) is 0 Å². The molecule has 1 unspecified atom stereocenters. The Labute approximate surface area is 97.7 Å². The molecule has 0 bridgehead atoms. The summed E-state index contributed by atoms with van der Waals surface area (Å²) in [6.45, 7) is 8.63. The highest BCUT2D eigenvalue weighted by Crippen LogP contribution is 2.10. The fraction of sp³-hybridized carbons (Fsp3) is 0.538. The number of hydrogen-bond donors (Lipinski definition) is 1. The van der Waals surface area contributed by atoms with Gasteiger partial charge >= 0.3 is 0 Å². The largest absolute Gasteiger partial charge is 0.312 e. The summed E-state index contributed by atoms with van der Waals surface area (Å²) in [5.41, 5.74) is 4.14. The third kappa shape index (κ3) is 4.27. The van der Waals surface area contributed by atoms with Crippen LogP contribution in [-0.4, -0.2) is 18.1 Å². The molecule has 0 aliphatic heterocycles. The number of hydrogen-bond acceptors (Lipinski definition) is 2. The molecule has 1 aromatic rings. The smallest absolute Gasteiger partial charge is 0.0208 e. The van der Waals surface area contributed by atoms with Crippen LogP contribution >= 0.6 is 11.8 Å². The van der Waals surface area contributed by atoms with E-state index in [2.05, 4.69) is 50.5 Å². The summed E-state index contributed by atoms with van der Waals surface area (Å²) in [6, 6.07) is 6.65. The van der Waals surface area contributed by atoms with Crippen molar-refractivity contribution in [1.82, 2.24) is 5.32 Å². The van der Waals surface area contributed by atoms with Crippen LogP contribution in [0.15, 0.2) is 18.2 Å². The second-order valence-corrected chi connectivity index (χ2v) is 5.38. The molecule has 0 saturated heterocycles. The fourth-order valence-electron chi connectivity index (χ4n) is 1.54. The van der Waals surface area contributed by atoms with E-state index in [0.717, 1.165) is 13.1 Å². The first-order valence-electron chi connectivity index (χ1n) is 5.43. The monoisotopic (exact) mass is 223 g/mol. The molecule has 0 spiro atoms. The Morgan fingerprint density at radius 2 is 2.07 bits per heavy atom. The van der Waals surface area contributed by atoms with Crippen molar-refractivity contribution in [3.8, 4) is 0 Å². The number of nitrogens with one attached hydrogen (secondary N) is 1. The van der Waals surface area contributed by atoms with Crippen molar-refractivity contribution in [1.29, 1.82) is 0 Å². The average molecular weight is 223 g/mol. The van der Waals surface area contributed by atoms with Crippen molar-refractivity contribution in [3.05, 3.63) is 34.9 Å². The highest BCUT2D eigenvalue weighted by atomic mass is 32.2. The Kier molecular flexibility index (Phi) is 5.20. The van der Waals surface area contributed by atoms with Gasteiger partial charge in [0.15, 0.2) is 0 Å². The lowest BCUT2D eigenvalue weighted by Gasteiger charge is -2.11. The number of aryl methyl sites for hydroxylation is 2. The molecule has 0 fully saturated rings. The van der Waals surface area contributed by atoms with E-state index < -0.39 is 0 Å². The van der Waals surface area contributed by atoms with Gasteiger partial charge in [-0.1, -0.05) is 30.7 Å². The summed E-state index contributed by atoms with van der Waals surface area (Å²) < 4.78 is 0. The van der Waals surface area contributed by atoms with Gasteiger partial charge in [-0.15, -0.1) is 0 Å². The van der Waals surface area contributed by atoms with Gasteiger partial charge in [0.2, 0.25) is 0 Å². The summed E-state index contributed by atoms with van der Waals surface area (Å²) in [5, 5.41) is 4.18.